The van der Waals surface area contributed by atoms with Gasteiger partial charge in [-0.15, -0.1) is 0 Å². The summed E-state index contributed by atoms with van der Waals surface area (Å²) in [5, 5.41) is 14.6. The molecule has 2 aromatic rings. The number of hydrogen-bond acceptors (Lipinski definition) is 3. The van der Waals surface area contributed by atoms with Crippen molar-refractivity contribution in [3.8, 4) is 6.07 Å². The first-order chi connectivity index (χ1) is 11.9. The minimum absolute atomic E-state index is 0.00168. The van der Waals surface area contributed by atoms with Crippen LogP contribution in [0.4, 0.5) is 10.5 Å². The van der Waals surface area contributed by atoms with Crippen LogP contribution in [-0.4, -0.2) is 11.9 Å². The molecule has 6 nitrogen and oxygen atoms in total. The Morgan fingerprint density at radius 3 is 2.64 bits per heavy atom. The van der Waals surface area contributed by atoms with Crippen LogP contribution < -0.4 is 16.4 Å². The summed E-state index contributed by atoms with van der Waals surface area (Å²) in [7, 11) is 0. The van der Waals surface area contributed by atoms with Crippen LogP contribution in [0.5, 0.6) is 0 Å². The Morgan fingerprint density at radius 2 is 2.00 bits per heavy atom. The predicted molar refractivity (Wildman–Crippen MR) is 96.1 cm³/mol. The molecule has 1 atom stereocenters. The Bertz CT molecular complexity index is 845. The Kier molecular flexibility index (Phi) is 5.98. The average Bonchev–Trinajstić information content (AvgIpc) is 2.56. The van der Waals surface area contributed by atoms with Crippen LogP contribution in [-0.2, 0) is 4.79 Å². The molecule has 0 aliphatic heterocycles. The number of hydrogen-bond donors (Lipinski definition) is 3. The van der Waals surface area contributed by atoms with Gasteiger partial charge in [-0.25, -0.2) is 4.79 Å². The highest BCUT2D eigenvalue weighted by atomic mass is 35.5. The summed E-state index contributed by atoms with van der Waals surface area (Å²) in [6.45, 7) is 1.89. The lowest BCUT2D eigenvalue weighted by Gasteiger charge is -2.19. The smallest absolute Gasteiger partial charge is 0.312 e. The number of primary amides is 1. The number of carbonyl (C=O) groups is 2. The Labute approximate surface area is 150 Å². The van der Waals surface area contributed by atoms with Crippen molar-refractivity contribution in [2.24, 2.45) is 5.73 Å². The quantitative estimate of drug-likeness (QED) is 0.765. The molecule has 7 heteroatoms. The van der Waals surface area contributed by atoms with Gasteiger partial charge in [0.1, 0.15) is 6.07 Å². The van der Waals surface area contributed by atoms with E-state index in [-0.39, 0.29) is 17.9 Å². The second-order valence-corrected chi connectivity index (χ2v) is 5.88. The van der Waals surface area contributed by atoms with E-state index in [1.807, 2.05) is 37.3 Å². The molecule has 0 fully saturated rings. The van der Waals surface area contributed by atoms with Gasteiger partial charge in [0.25, 0.3) is 0 Å². The molecule has 0 saturated carbocycles. The van der Waals surface area contributed by atoms with Crippen LogP contribution >= 0.6 is 11.6 Å². The molecule has 128 valence electrons. The lowest BCUT2D eigenvalue weighted by molar-refractivity contribution is -0.116. The summed E-state index contributed by atoms with van der Waals surface area (Å²) < 4.78 is 0. The molecule has 2 aromatic carbocycles. The van der Waals surface area contributed by atoms with Crippen molar-refractivity contribution in [3.63, 3.8) is 0 Å². The third-order valence-electron chi connectivity index (χ3n) is 3.64. The molecule has 0 radical (unpaired) electrons. The van der Waals surface area contributed by atoms with Crippen LogP contribution in [0.25, 0.3) is 0 Å². The van der Waals surface area contributed by atoms with Crippen molar-refractivity contribution in [2.45, 2.75) is 19.4 Å². The van der Waals surface area contributed by atoms with Gasteiger partial charge in [0.2, 0.25) is 5.91 Å². The number of nitriles is 1. The summed E-state index contributed by atoms with van der Waals surface area (Å²) in [5.41, 5.74) is 7.70. The Morgan fingerprint density at radius 1 is 1.28 bits per heavy atom. The first-order valence-corrected chi connectivity index (χ1v) is 7.89. The minimum Gasteiger partial charge on any atom is -0.352 e. The zero-order valence-electron chi connectivity index (χ0n) is 13.5. The Balaban J connectivity index is 2.16. The van der Waals surface area contributed by atoms with Gasteiger partial charge in [-0.05, 0) is 36.2 Å². The van der Waals surface area contributed by atoms with Crippen molar-refractivity contribution in [1.82, 2.24) is 5.32 Å². The monoisotopic (exact) mass is 356 g/mol. The van der Waals surface area contributed by atoms with E-state index in [2.05, 4.69) is 10.6 Å². The fourth-order valence-corrected chi connectivity index (χ4v) is 2.63. The first kappa shape index (κ1) is 18.3. The summed E-state index contributed by atoms with van der Waals surface area (Å²) in [5.74, 6) is -0.326. The Hall–Kier alpha value is -3.04. The van der Waals surface area contributed by atoms with Crippen LogP contribution in [0.3, 0.4) is 0 Å². The van der Waals surface area contributed by atoms with Crippen molar-refractivity contribution in [2.75, 3.05) is 5.32 Å². The molecule has 3 amide bonds. The fourth-order valence-electron chi connectivity index (χ4n) is 2.47. The topological polar surface area (TPSA) is 108 Å². The molecule has 0 aliphatic carbocycles. The maximum Gasteiger partial charge on any atom is 0.312 e. The number of halogens is 1. The number of rotatable bonds is 5. The number of amides is 3. The second-order valence-electron chi connectivity index (χ2n) is 5.48. The van der Waals surface area contributed by atoms with Gasteiger partial charge in [0.15, 0.2) is 0 Å². The zero-order chi connectivity index (χ0) is 18.4. The largest absolute Gasteiger partial charge is 0.352 e. The van der Waals surface area contributed by atoms with Crippen LogP contribution in [0.1, 0.15) is 29.2 Å². The van der Waals surface area contributed by atoms with Gasteiger partial charge >= 0.3 is 6.03 Å². The van der Waals surface area contributed by atoms with E-state index in [1.165, 1.54) is 12.1 Å². The van der Waals surface area contributed by atoms with Gasteiger partial charge < -0.3 is 16.4 Å². The average molecular weight is 357 g/mol. The van der Waals surface area contributed by atoms with Gasteiger partial charge in [-0.1, -0.05) is 35.9 Å². The number of aryl methyl sites for hydroxylation is 1. The number of nitrogens with zero attached hydrogens (tertiary/aromatic N) is 1. The lowest BCUT2D eigenvalue weighted by Crippen LogP contribution is -2.35. The maximum absolute atomic E-state index is 12.4. The molecular weight excluding hydrogens is 340 g/mol. The van der Waals surface area contributed by atoms with E-state index in [0.717, 1.165) is 11.1 Å². The second kappa shape index (κ2) is 8.18. The van der Waals surface area contributed by atoms with Gasteiger partial charge in [-0.3, -0.25) is 4.79 Å². The van der Waals surface area contributed by atoms with Crippen LogP contribution in [0.15, 0.2) is 42.5 Å². The molecule has 0 saturated heterocycles. The van der Waals surface area contributed by atoms with E-state index in [0.29, 0.717) is 10.7 Å². The molecule has 2 rings (SSSR count). The molecule has 1 unspecified atom stereocenters. The number of nitrogens with one attached hydrogen (secondary N) is 2. The lowest BCUT2D eigenvalue weighted by atomic mass is 9.98. The number of benzene rings is 2. The molecule has 0 bridgehead atoms. The number of urea groups is 1. The maximum atomic E-state index is 12.4. The van der Waals surface area contributed by atoms with Crippen molar-refractivity contribution < 1.29 is 9.59 Å². The van der Waals surface area contributed by atoms with Crippen molar-refractivity contribution >= 4 is 29.2 Å². The third-order valence-corrected chi connectivity index (χ3v) is 3.97. The summed E-state index contributed by atoms with van der Waals surface area (Å²) in [6.07, 6.45) is -0.00168. The molecule has 25 heavy (non-hydrogen) atoms. The standard InChI is InChI=1S/C18H17ClN4O2/c1-11-4-2-3-5-14(11)16(23-18(21)25)9-17(24)22-13-6-7-15(19)12(8-13)10-20/h2-8,16H,9H2,1H3,(H,22,24)(H3,21,23,25). The number of anilines is 1. The van der Waals surface area contributed by atoms with E-state index in [9.17, 15) is 9.59 Å². The molecule has 0 aliphatic rings. The SMILES string of the molecule is Cc1ccccc1C(CC(=O)Nc1ccc(Cl)c(C#N)c1)NC(N)=O. The molecule has 0 spiro atoms. The highest BCUT2D eigenvalue weighted by Gasteiger charge is 2.19. The normalized spacial score (nSPS) is 11.2. The molecule has 4 N–H and O–H groups in total. The number of carbonyl (C=O) groups excluding carboxylic acids is 2. The van der Waals surface area contributed by atoms with Gasteiger partial charge in [0, 0.05) is 5.69 Å². The van der Waals surface area contributed by atoms with Crippen molar-refractivity contribution in [1.29, 1.82) is 5.26 Å². The fraction of sp³-hybridized carbons (Fsp3) is 0.167. The van der Waals surface area contributed by atoms with E-state index in [1.54, 1.807) is 6.07 Å². The summed E-state index contributed by atoms with van der Waals surface area (Å²) in [4.78, 5) is 23.6. The summed E-state index contributed by atoms with van der Waals surface area (Å²) in [6, 6.07) is 12.7. The third kappa shape index (κ3) is 4.96. The molecule has 0 aromatic heterocycles. The van der Waals surface area contributed by atoms with E-state index in [4.69, 9.17) is 22.6 Å². The highest BCUT2D eigenvalue weighted by molar-refractivity contribution is 6.31. The van der Waals surface area contributed by atoms with Crippen LogP contribution in [0.2, 0.25) is 5.02 Å². The molecule has 0 heterocycles. The minimum atomic E-state index is -0.709. The summed E-state index contributed by atoms with van der Waals surface area (Å²) >= 11 is 5.88. The highest BCUT2D eigenvalue weighted by Crippen LogP contribution is 2.23. The van der Waals surface area contributed by atoms with E-state index < -0.39 is 12.1 Å². The van der Waals surface area contributed by atoms with Crippen molar-refractivity contribution in [3.05, 3.63) is 64.2 Å². The first-order valence-electron chi connectivity index (χ1n) is 7.51. The number of nitrogens with two attached hydrogens (primary N) is 1. The van der Waals surface area contributed by atoms with Gasteiger partial charge in [-0.2, -0.15) is 5.26 Å². The zero-order valence-corrected chi connectivity index (χ0v) is 14.3. The molecular formula is C18H17ClN4O2. The van der Waals surface area contributed by atoms with Crippen LogP contribution in [0, 0.1) is 18.3 Å². The van der Waals surface area contributed by atoms with E-state index >= 15 is 0 Å². The predicted octanol–water partition coefficient (Wildman–Crippen LogP) is 3.26. The van der Waals surface area contributed by atoms with Gasteiger partial charge in [0.05, 0.1) is 23.0 Å².